The number of aromatic nitrogens is 5. The number of nitrogens with one attached hydrogen (secondary N) is 3. The smallest absolute Gasteiger partial charge is 0.332 e. The Bertz CT molecular complexity index is 2430. The van der Waals surface area contributed by atoms with Crippen molar-refractivity contribution in [2.45, 2.75) is 51.1 Å². The fourth-order valence-corrected chi connectivity index (χ4v) is 8.59. The van der Waals surface area contributed by atoms with E-state index in [9.17, 15) is 14.4 Å². The minimum absolute atomic E-state index is 0.0863. The highest BCUT2D eigenvalue weighted by molar-refractivity contribution is 6.36. The summed E-state index contributed by atoms with van der Waals surface area (Å²) in [7, 11) is 4.69. The summed E-state index contributed by atoms with van der Waals surface area (Å²) in [6, 6.07) is 14.0. The van der Waals surface area contributed by atoms with Gasteiger partial charge < -0.3 is 20.7 Å². The molecule has 2 amide bonds. The highest BCUT2D eigenvalue weighted by Gasteiger charge is 2.45. The summed E-state index contributed by atoms with van der Waals surface area (Å²) in [5.41, 5.74) is 6.32. The Balaban J connectivity index is 1.13. The van der Waals surface area contributed by atoms with Crippen LogP contribution in [-0.2, 0) is 20.5 Å². The Labute approximate surface area is 305 Å². The summed E-state index contributed by atoms with van der Waals surface area (Å²) in [6.07, 6.45) is 3.68. The number of carbonyl (C=O) groups excluding carboxylic acids is 1. The number of hydrogen-bond acceptors (Lipinski definition) is 9. The number of likely N-dealkylation sites (tertiary alicyclic amines) is 1. The number of anilines is 2. The standard InChI is InChI=1S/C38H40ClN9O4/c1-20-23(8-7-11-26(20)43-32-30-33(42-21(2)41-32)46(3)37(51)47(4)35(30)49)24-9-6-10-25(31(24)39)27-18-22-12-13-28(29(22)34(44-27)52-5)48-17-15-38(19-48)14-16-40-36(50)45-38/h6-11,18,28H,12-17,19H2,1-5H3,(H2,40,45,50)(H,41,42,43)/t28?,38-/m0/s1. The quantitative estimate of drug-likeness (QED) is 0.222. The van der Waals surface area contributed by atoms with Crippen LogP contribution in [0.15, 0.2) is 52.1 Å². The molecule has 0 radical (unpaired) electrons. The van der Waals surface area contributed by atoms with E-state index in [4.69, 9.17) is 21.3 Å². The Morgan fingerprint density at radius 1 is 0.981 bits per heavy atom. The van der Waals surface area contributed by atoms with Crippen molar-refractivity contribution in [3.8, 4) is 28.3 Å². The molecule has 1 spiro atoms. The molecule has 5 heterocycles. The van der Waals surface area contributed by atoms with Crippen LogP contribution in [0.2, 0.25) is 5.02 Å². The van der Waals surface area contributed by atoms with Crippen molar-refractivity contribution in [2.75, 3.05) is 32.1 Å². The van der Waals surface area contributed by atoms with Crippen LogP contribution in [0.1, 0.15) is 47.8 Å². The fourth-order valence-electron chi connectivity index (χ4n) is 8.27. The number of aryl methyl sites for hydroxylation is 3. The second-order valence-corrected chi connectivity index (χ2v) is 14.4. The summed E-state index contributed by atoms with van der Waals surface area (Å²) in [6.45, 7) is 6.11. The van der Waals surface area contributed by atoms with Gasteiger partial charge in [-0.1, -0.05) is 41.9 Å². The van der Waals surface area contributed by atoms with Crippen LogP contribution >= 0.6 is 11.6 Å². The highest BCUT2D eigenvalue weighted by Crippen LogP contribution is 2.46. The van der Waals surface area contributed by atoms with Crippen LogP contribution in [0.5, 0.6) is 5.88 Å². The van der Waals surface area contributed by atoms with Gasteiger partial charge in [-0.2, -0.15) is 0 Å². The van der Waals surface area contributed by atoms with Gasteiger partial charge in [0.15, 0.2) is 5.65 Å². The molecule has 2 atom stereocenters. The molecule has 3 aromatic heterocycles. The minimum Gasteiger partial charge on any atom is -0.481 e. The van der Waals surface area contributed by atoms with E-state index >= 15 is 0 Å². The molecule has 8 rings (SSSR count). The Morgan fingerprint density at radius 2 is 1.75 bits per heavy atom. The first-order valence-corrected chi connectivity index (χ1v) is 17.8. The molecular formula is C38H40ClN9O4. The second-order valence-electron chi connectivity index (χ2n) is 14.1. The van der Waals surface area contributed by atoms with E-state index < -0.39 is 11.2 Å². The maximum atomic E-state index is 13.3. The first-order valence-electron chi connectivity index (χ1n) is 17.5. The van der Waals surface area contributed by atoms with Crippen molar-refractivity contribution < 1.29 is 9.53 Å². The van der Waals surface area contributed by atoms with Crippen molar-refractivity contribution in [1.29, 1.82) is 0 Å². The lowest BCUT2D eigenvalue weighted by Crippen LogP contribution is -2.59. The van der Waals surface area contributed by atoms with Gasteiger partial charge in [-0.15, -0.1) is 0 Å². The van der Waals surface area contributed by atoms with Crippen molar-refractivity contribution >= 4 is 40.2 Å². The second kappa shape index (κ2) is 12.7. The molecule has 52 heavy (non-hydrogen) atoms. The summed E-state index contributed by atoms with van der Waals surface area (Å²) < 4.78 is 8.36. The average Bonchev–Trinajstić information content (AvgIpc) is 3.74. The van der Waals surface area contributed by atoms with Crippen LogP contribution in [-0.4, -0.2) is 67.3 Å². The maximum absolute atomic E-state index is 13.3. The van der Waals surface area contributed by atoms with Gasteiger partial charge in [0.1, 0.15) is 17.0 Å². The molecule has 1 aliphatic carbocycles. The van der Waals surface area contributed by atoms with Gasteiger partial charge in [0.2, 0.25) is 5.88 Å². The Morgan fingerprint density at radius 3 is 2.54 bits per heavy atom. The van der Waals surface area contributed by atoms with Crippen molar-refractivity contribution in [1.82, 2.24) is 39.6 Å². The van der Waals surface area contributed by atoms with Crippen LogP contribution in [0.4, 0.5) is 16.3 Å². The number of ether oxygens (including phenoxy) is 1. The van der Waals surface area contributed by atoms with E-state index in [1.165, 1.54) is 17.2 Å². The van der Waals surface area contributed by atoms with Gasteiger partial charge in [-0.25, -0.2) is 24.5 Å². The molecule has 5 aromatic rings. The lowest BCUT2D eigenvalue weighted by Gasteiger charge is -2.36. The first kappa shape index (κ1) is 33.9. The molecule has 2 saturated heterocycles. The molecule has 0 bridgehead atoms. The van der Waals surface area contributed by atoms with Gasteiger partial charge in [0.05, 0.1) is 23.4 Å². The predicted molar refractivity (Wildman–Crippen MR) is 201 cm³/mol. The lowest BCUT2D eigenvalue weighted by atomic mass is 9.93. The van der Waals surface area contributed by atoms with Crippen LogP contribution in [0.25, 0.3) is 33.4 Å². The predicted octanol–water partition coefficient (Wildman–Crippen LogP) is 4.91. The number of halogens is 1. The van der Waals surface area contributed by atoms with E-state index in [1.807, 2.05) is 43.3 Å². The summed E-state index contributed by atoms with van der Waals surface area (Å²) >= 11 is 7.26. The van der Waals surface area contributed by atoms with E-state index in [2.05, 4.69) is 36.9 Å². The number of urea groups is 1. The largest absolute Gasteiger partial charge is 0.481 e. The summed E-state index contributed by atoms with van der Waals surface area (Å²) in [5, 5.41) is 10.2. The van der Waals surface area contributed by atoms with Crippen LogP contribution < -0.4 is 31.9 Å². The molecule has 3 N–H and O–H groups in total. The number of pyridine rings is 1. The monoisotopic (exact) mass is 721 g/mol. The van der Waals surface area contributed by atoms with Crippen molar-refractivity contribution in [3.05, 3.63) is 90.8 Å². The van der Waals surface area contributed by atoms with E-state index in [0.29, 0.717) is 29.1 Å². The zero-order valence-corrected chi connectivity index (χ0v) is 30.5. The number of benzene rings is 2. The number of amides is 2. The number of hydrogen-bond donors (Lipinski definition) is 3. The Kier molecular flexibility index (Phi) is 8.30. The highest BCUT2D eigenvalue weighted by atomic mass is 35.5. The van der Waals surface area contributed by atoms with Gasteiger partial charge >= 0.3 is 11.7 Å². The van der Waals surface area contributed by atoms with Gasteiger partial charge in [0, 0.05) is 62.1 Å². The number of methoxy groups -OCH3 is 1. The molecule has 268 valence electrons. The number of carbonyl (C=O) groups is 1. The number of nitrogens with zero attached hydrogens (tertiary/aromatic N) is 6. The van der Waals surface area contributed by atoms with Gasteiger partial charge in [-0.3, -0.25) is 18.8 Å². The summed E-state index contributed by atoms with van der Waals surface area (Å²) in [4.78, 5) is 54.5. The third-order valence-corrected chi connectivity index (χ3v) is 11.4. The molecule has 2 aromatic carbocycles. The average molecular weight is 722 g/mol. The molecule has 1 unspecified atom stereocenters. The molecule has 13 nitrogen and oxygen atoms in total. The van der Waals surface area contributed by atoms with Crippen molar-refractivity contribution in [3.63, 3.8) is 0 Å². The third kappa shape index (κ3) is 5.50. The SMILES string of the molecule is COc1nc(-c2cccc(-c3cccc(Nc4nc(C)nc5c4c(=O)n(C)c(=O)n5C)c3C)c2Cl)cc2c1C(N1CC[C@@]3(CCNC(=O)N3)C1)CC2. The molecule has 2 fully saturated rings. The maximum Gasteiger partial charge on any atom is 0.332 e. The van der Waals surface area contributed by atoms with E-state index in [-0.39, 0.29) is 28.6 Å². The minimum atomic E-state index is -0.478. The molecule has 14 heteroatoms. The first-order chi connectivity index (χ1) is 25.0. The fraction of sp³-hybridized carbons (Fsp3) is 0.368. The molecular weight excluding hydrogens is 682 g/mol. The Hall–Kier alpha value is -5.27. The van der Waals surface area contributed by atoms with Gasteiger partial charge in [0.25, 0.3) is 5.56 Å². The zero-order valence-electron chi connectivity index (χ0n) is 29.8. The topological polar surface area (TPSA) is 148 Å². The van der Waals surface area contributed by atoms with E-state index in [0.717, 1.165) is 82.5 Å². The normalized spacial score (nSPS) is 19.9. The third-order valence-electron chi connectivity index (χ3n) is 11.0. The van der Waals surface area contributed by atoms with Crippen molar-refractivity contribution in [2.24, 2.45) is 14.1 Å². The number of fused-ring (bicyclic) bond motifs is 2. The van der Waals surface area contributed by atoms with E-state index in [1.54, 1.807) is 21.1 Å². The summed E-state index contributed by atoms with van der Waals surface area (Å²) in [5.74, 6) is 1.34. The lowest BCUT2D eigenvalue weighted by molar-refractivity contribution is 0.187. The molecule has 2 aliphatic heterocycles. The van der Waals surface area contributed by atoms with Crippen LogP contribution in [0, 0.1) is 13.8 Å². The van der Waals surface area contributed by atoms with Gasteiger partial charge in [-0.05, 0) is 68.4 Å². The van der Waals surface area contributed by atoms with Crippen LogP contribution in [0.3, 0.4) is 0 Å². The number of rotatable bonds is 6. The zero-order chi connectivity index (χ0) is 36.5. The molecule has 0 saturated carbocycles. The molecule has 3 aliphatic rings.